The molecule has 0 atom stereocenters. The van der Waals surface area contributed by atoms with Crippen molar-refractivity contribution in [3.05, 3.63) is 35.1 Å². The summed E-state index contributed by atoms with van der Waals surface area (Å²) >= 11 is 1.30. The molecule has 1 aromatic carbocycles. The Kier molecular flexibility index (Phi) is 3.39. The molecule has 3 rings (SSSR count). The van der Waals surface area contributed by atoms with Crippen molar-refractivity contribution in [2.75, 3.05) is 0 Å². The molecule has 0 saturated heterocycles. The van der Waals surface area contributed by atoms with Gasteiger partial charge in [-0.25, -0.2) is 13.9 Å². The lowest BCUT2D eigenvalue weighted by molar-refractivity contribution is 0.0696. The lowest BCUT2D eigenvalue weighted by Crippen LogP contribution is -2.01. The Morgan fingerprint density at radius 1 is 1.50 bits per heavy atom. The zero-order valence-corrected chi connectivity index (χ0v) is 11.2. The summed E-state index contributed by atoms with van der Waals surface area (Å²) in [6.45, 7) is 0. The van der Waals surface area contributed by atoms with Crippen molar-refractivity contribution in [3.8, 4) is 0 Å². The van der Waals surface area contributed by atoms with Crippen LogP contribution in [-0.4, -0.2) is 31.3 Å². The molecule has 1 N–H and O–H groups in total. The Labute approximate surface area is 118 Å². The summed E-state index contributed by atoms with van der Waals surface area (Å²) in [7, 11) is 0. The number of aromatic carboxylic acids is 1. The Hall–Kier alpha value is -1.96. The molecule has 20 heavy (non-hydrogen) atoms. The van der Waals surface area contributed by atoms with E-state index in [1.807, 2.05) is 0 Å². The molecule has 6 nitrogen and oxygen atoms in total. The zero-order chi connectivity index (χ0) is 14.1. The van der Waals surface area contributed by atoms with Crippen LogP contribution < -0.4 is 0 Å². The summed E-state index contributed by atoms with van der Waals surface area (Å²) in [6, 6.07) is 4.11. The minimum Gasteiger partial charge on any atom is -0.478 e. The average Bonchev–Trinajstić information content (AvgIpc) is 3.17. The fraction of sp³-hybridized carbons (Fsp3) is 0.333. The zero-order valence-electron chi connectivity index (χ0n) is 10.4. The van der Waals surface area contributed by atoms with Gasteiger partial charge in [0.25, 0.3) is 0 Å². The summed E-state index contributed by atoms with van der Waals surface area (Å²) in [5, 5.41) is 21.0. The van der Waals surface area contributed by atoms with Gasteiger partial charge in [0.15, 0.2) is 0 Å². The number of tetrazole rings is 1. The molecule has 1 aliphatic carbocycles. The Morgan fingerprint density at radius 2 is 2.30 bits per heavy atom. The van der Waals surface area contributed by atoms with Crippen molar-refractivity contribution >= 4 is 17.7 Å². The SMILES string of the molecule is O=C(O)c1ccc(F)c(CSc2nnnn2C2CC2)c1. The predicted molar refractivity (Wildman–Crippen MR) is 69.0 cm³/mol. The first-order valence-electron chi connectivity index (χ1n) is 6.07. The van der Waals surface area contributed by atoms with E-state index >= 15 is 0 Å². The van der Waals surface area contributed by atoms with E-state index in [1.165, 1.54) is 30.0 Å². The normalized spacial score (nSPS) is 14.4. The van der Waals surface area contributed by atoms with E-state index in [2.05, 4.69) is 15.5 Å². The van der Waals surface area contributed by atoms with Gasteiger partial charge in [-0.2, -0.15) is 0 Å². The third-order valence-corrected chi connectivity index (χ3v) is 3.99. The topological polar surface area (TPSA) is 80.9 Å². The van der Waals surface area contributed by atoms with Crippen molar-refractivity contribution in [2.45, 2.75) is 29.8 Å². The van der Waals surface area contributed by atoms with Crippen molar-refractivity contribution in [1.29, 1.82) is 0 Å². The standard InChI is InChI=1S/C12H11FN4O2S/c13-10-4-1-7(11(18)19)5-8(10)6-20-12-14-15-16-17(12)9-2-3-9/h1,4-5,9H,2-3,6H2,(H,18,19). The molecule has 1 aromatic heterocycles. The molecule has 1 aliphatic rings. The van der Waals surface area contributed by atoms with E-state index < -0.39 is 11.8 Å². The van der Waals surface area contributed by atoms with Crippen molar-refractivity contribution in [1.82, 2.24) is 20.2 Å². The van der Waals surface area contributed by atoms with E-state index in [0.717, 1.165) is 12.8 Å². The molecule has 1 saturated carbocycles. The molecule has 8 heteroatoms. The fourth-order valence-corrected chi connectivity index (χ4v) is 2.71. The molecule has 0 radical (unpaired) electrons. The van der Waals surface area contributed by atoms with Gasteiger partial charge in [-0.3, -0.25) is 0 Å². The lowest BCUT2D eigenvalue weighted by atomic mass is 10.1. The molecule has 0 bridgehead atoms. The molecule has 0 spiro atoms. The summed E-state index contributed by atoms with van der Waals surface area (Å²) < 4.78 is 15.4. The number of hydrogen-bond donors (Lipinski definition) is 1. The van der Waals surface area contributed by atoms with Gasteiger partial charge >= 0.3 is 5.97 Å². The van der Waals surface area contributed by atoms with Gasteiger partial charge in [-0.15, -0.1) is 5.10 Å². The number of halogens is 1. The summed E-state index contributed by atoms with van der Waals surface area (Å²) in [5.41, 5.74) is 0.407. The molecule has 1 heterocycles. The average molecular weight is 294 g/mol. The van der Waals surface area contributed by atoms with E-state index in [9.17, 15) is 9.18 Å². The monoisotopic (exact) mass is 294 g/mol. The van der Waals surface area contributed by atoms with Crippen LogP contribution in [0.4, 0.5) is 4.39 Å². The highest BCUT2D eigenvalue weighted by molar-refractivity contribution is 7.98. The van der Waals surface area contributed by atoms with Crippen molar-refractivity contribution in [3.63, 3.8) is 0 Å². The number of carboxylic acids is 1. The van der Waals surface area contributed by atoms with E-state index in [1.54, 1.807) is 4.68 Å². The summed E-state index contributed by atoms with van der Waals surface area (Å²) in [5.74, 6) is -1.20. The van der Waals surface area contributed by atoms with Gasteiger partial charge in [-0.1, -0.05) is 11.8 Å². The van der Waals surface area contributed by atoms with Crippen molar-refractivity contribution < 1.29 is 14.3 Å². The molecule has 0 unspecified atom stereocenters. The Balaban J connectivity index is 1.75. The number of benzene rings is 1. The van der Waals surface area contributed by atoms with Gasteiger partial charge in [0.1, 0.15) is 5.82 Å². The number of carboxylic acid groups (broad SMARTS) is 1. The molecular weight excluding hydrogens is 283 g/mol. The third kappa shape index (κ3) is 2.64. The highest BCUT2D eigenvalue weighted by Gasteiger charge is 2.27. The molecular formula is C12H11FN4O2S. The predicted octanol–water partition coefficient (Wildman–Crippen LogP) is 2.14. The highest BCUT2D eigenvalue weighted by Crippen LogP contribution is 2.37. The van der Waals surface area contributed by atoms with Gasteiger partial charge in [0.05, 0.1) is 11.6 Å². The van der Waals surface area contributed by atoms with Gasteiger partial charge in [0, 0.05) is 5.75 Å². The number of hydrogen-bond acceptors (Lipinski definition) is 5. The van der Waals surface area contributed by atoms with Crippen LogP contribution in [-0.2, 0) is 5.75 Å². The van der Waals surface area contributed by atoms with Crippen LogP contribution in [0.15, 0.2) is 23.4 Å². The second kappa shape index (κ2) is 5.20. The first-order valence-corrected chi connectivity index (χ1v) is 7.06. The maximum Gasteiger partial charge on any atom is 0.335 e. The number of aromatic nitrogens is 4. The second-order valence-electron chi connectivity index (χ2n) is 4.54. The molecule has 104 valence electrons. The van der Waals surface area contributed by atoms with Crippen LogP contribution in [0.2, 0.25) is 0 Å². The Morgan fingerprint density at radius 3 is 3.00 bits per heavy atom. The lowest BCUT2D eigenvalue weighted by Gasteiger charge is -2.05. The first-order chi connectivity index (χ1) is 9.65. The molecule has 0 amide bonds. The minimum absolute atomic E-state index is 0.0729. The van der Waals surface area contributed by atoms with Crippen molar-refractivity contribution in [2.24, 2.45) is 0 Å². The molecule has 1 fully saturated rings. The van der Waals surface area contributed by atoms with Crippen LogP contribution in [0.3, 0.4) is 0 Å². The van der Waals surface area contributed by atoms with Crippen LogP contribution in [0.1, 0.15) is 34.8 Å². The smallest absolute Gasteiger partial charge is 0.335 e. The minimum atomic E-state index is -1.07. The number of rotatable bonds is 5. The van der Waals surface area contributed by atoms with Crippen LogP contribution >= 0.6 is 11.8 Å². The van der Waals surface area contributed by atoms with Crippen LogP contribution in [0.25, 0.3) is 0 Å². The number of nitrogens with zero attached hydrogens (tertiary/aromatic N) is 4. The maximum absolute atomic E-state index is 13.7. The second-order valence-corrected chi connectivity index (χ2v) is 5.48. The maximum atomic E-state index is 13.7. The molecule has 0 aliphatic heterocycles. The molecule has 2 aromatic rings. The van der Waals surface area contributed by atoms with Gasteiger partial charge in [-0.05, 0) is 47.0 Å². The van der Waals surface area contributed by atoms with E-state index in [-0.39, 0.29) is 5.56 Å². The first kappa shape index (κ1) is 13.0. The quantitative estimate of drug-likeness (QED) is 0.851. The third-order valence-electron chi connectivity index (χ3n) is 3.00. The fourth-order valence-electron chi connectivity index (χ4n) is 1.79. The van der Waals surface area contributed by atoms with Crippen LogP contribution in [0.5, 0.6) is 0 Å². The highest BCUT2D eigenvalue weighted by atomic mass is 32.2. The number of carbonyl (C=O) groups is 1. The van der Waals surface area contributed by atoms with E-state index in [4.69, 9.17) is 5.11 Å². The van der Waals surface area contributed by atoms with Gasteiger partial charge < -0.3 is 5.11 Å². The largest absolute Gasteiger partial charge is 0.478 e. The van der Waals surface area contributed by atoms with E-state index in [0.29, 0.717) is 22.5 Å². The summed E-state index contributed by atoms with van der Waals surface area (Å²) in [4.78, 5) is 10.9. The number of thioether (sulfide) groups is 1. The Bertz CT molecular complexity index is 657. The van der Waals surface area contributed by atoms with Gasteiger partial charge in [0.2, 0.25) is 5.16 Å². The van der Waals surface area contributed by atoms with Crippen LogP contribution in [0, 0.1) is 5.82 Å². The summed E-state index contributed by atoms with van der Waals surface area (Å²) in [6.07, 6.45) is 2.11.